The third-order valence-corrected chi connectivity index (χ3v) is 3.97. The number of thioether (sulfide) groups is 1. The minimum atomic E-state index is -0.142. The second-order valence-corrected chi connectivity index (χ2v) is 5.75. The summed E-state index contributed by atoms with van der Waals surface area (Å²) < 4.78 is 0. The van der Waals surface area contributed by atoms with Gasteiger partial charge in [-0.15, -0.1) is 11.8 Å². The Morgan fingerprint density at radius 3 is 2.56 bits per heavy atom. The van der Waals surface area contributed by atoms with Gasteiger partial charge in [-0.3, -0.25) is 4.79 Å². The quantitative estimate of drug-likeness (QED) is 0.689. The van der Waals surface area contributed by atoms with Gasteiger partial charge in [0.2, 0.25) is 5.91 Å². The highest BCUT2D eigenvalue weighted by Crippen LogP contribution is 2.17. The van der Waals surface area contributed by atoms with E-state index in [0.717, 1.165) is 11.4 Å². The monoisotopic (exact) mass is 268 g/mol. The molecule has 0 radical (unpaired) electrons. The second kappa shape index (κ2) is 7.28. The van der Waals surface area contributed by atoms with E-state index in [9.17, 15) is 4.79 Å². The first-order valence-electron chi connectivity index (χ1n) is 5.91. The normalized spacial score (nSPS) is 13.9. The standard InChI is InChI=1S/C13H20N2O2S/c1-9(7-16)8-18-10(2)13(17)15-12-5-3-11(14)4-6-12/h3-6,9-10,16H,7-8,14H2,1-2H3,(H,15,17). The van der Waals surface area contributed by atoms with E-state index in [1.807, 2.05) is 13.8 Å². The van der Waals surface area contributed by atoms with Gasteiger partial charge in [-0.25, -0.2) is 0 Å². The fourth-order valence-electron chi connectivity index (χ4n) is 1.25. The Morgan fingerprint density at radius 1 is 1.39 bits per heavy atom. The molecule has 1 rings (SSSR count). The number of aliphatic hydroxyl groups is 1. The van der Waals surface area contributed by atoms with Gasteiger partial charge in [0.1, 0.15) is 0 Å². The van der Waals surface area contributed by atoms with Crippen LogP contribution >= 0.6 is 11.8 Å². The smallest absolute Gasteiger partial charge is 0.237 e. The van der Waals surface area contributed by atoms with Crippen LogP contribution in [0.4, 0.5) is 11.4 Å². The van der Waals surface area contributed by atoms with Gasteiger partial charge < -0.3 is 16.2 Å². The number of nitrogens with one attached hydrogen (secondary N) is 1. The van der Waals surface area contributed by atoms with Gasteiger partial charge >= 0.3 is 0 Å². The Bertz CT molecular complexity index is 381. The van der Waals surface area contributed by atoms with Crippen LogP contribution in [0.1, 0.15) is 13.8 Å². The van der Waals surface area contributed by atoms with Gasteiger partial charge in [0.05, 0.1) is 5.25 Å². The number of benzene rings is 1. The van der Waals surface area contributed by atoms with Crippen molar-refractivity contribution in [2.75, 3.05) is 23.4 Å². The van der Waals surface area contributed by atoms with Crippen molar-refractivity contribution in [1.29, 1.82) is 0 Å². The summed E-state index contributed by atoms with van der Waals surface area (Å²) in [7, 11) is 0. The zero-order chi connectivity index (χ0) is 13.5. The average Bonchev–Trinajstić information content (AvgIpc) is 2.38. The van der Waals surface area contributed by atoms with Crippen molar-refractivity contribution >= 4 is 29.0 Å². The van der Waals surface area contributed by atoms with Crippen molar-refractivity contribution < 1.29 is 9.90 Å². The first-order valence-corrected chi connectivity index (χ1v) is 6.96. The summed E-state index contributed by atoms with van der Waals surface area (Å²) in [6.45, 7) is 3.97. The molecule has 0 spiro atoms. The zero-order valence-electron chi connectivity index (χ0n) is 10.7. The van der Waals surface area contributed by atoms with E-state index in [-0.39, 0.29) is 23.7 Å². The lowest BCUT2D eigenvalue weighted by molar-refractivity contribution is -0.115. The molecule has 100 valence electrons. The lowest BCUT2D eigenvalue weighted by Crippen LogP contribution is -2.23. The topological polar surface area (TPSA) is 75.3 Å². The Hall–Kier alpha value is -1.20. The number of anilines is 2. The van der Waals surface area contributed by atoms with Gasteiger partial charge in [0.15, 0.2) is 0 Å². The summed E-state index contributed by atoms with van der Waals surface area (Å²) >= 11 is 1.54. The van der Waals surface area contributed by atoms with Gasteiger partial charge in [0, 0.05) is 18.0 Å². The summed E-state index contributed by atoms with van der Waals surface area (Å²) in [5.41, 5.74) is 6.99. The Morgan fingerprint density at radius 2 is 2.00 bits per heavy atom. The molecule has 4 N–H and O–H groups in total. The van der Waals surface area contributed by atoms with Gasteiger partial charge in [-0.1, -0.05) is 6.92 Å². The van der Waals surface area contributed by atoms with Crippen LogP contribution in [-0.4, -0.2) is 28.6 Å². The molecular formula is C13H20N2O2S. The van der Waals surface area contributed by atoms with Crippen LogP contribution in [0.15, 0.2) is 24.3 Å². The number of amides is 1. The third-order valence-electron chi connectivity index (χ3n) is 2.49. The van der Waals surface area contributed by atoms with Crippen LogP contribution in [0.5, 0.6) is 0 Å². The zero-order valence-corrected chi connectivity index (χ0v) is 11.5. The number of hydrogen-bond acceptors (Lipinski definition) is 4. The maximum Gasteiger partial charge on any atom is 0.237 e. The van der Waals surface area contributed by atoms with Crippen molar-refractivity contribution in [1.82, 2.24) is 0 Å². The van der Waals surface area contributed by atoms with E-state index in [1.54, 1.807) is 36.0 Å². The highest BCUT2D eigenvalue weighted by molar-refractivity contribution is 8.00. The van der Waals surface area contributed by atoms with E-state index in [4.69, 9.17) is 10.8 Å². The molecule has 0 fully saturated rings. The van der Waals surface area contributed by atoms with Crippen LogP contribution in [0.3, 0.4) is 0 Å². The van der Waals surface area contributed by atoms with Crippen molar-refractivity contribution in [3.05, 3.63) is 24.3 Å². The molecule has 0 saturated carbocycles. The summed E-state index contributed by atoms with van der Waals surface area (Å²) in [4.78, 5) is 11.9. The maximum atomic E-state index is 11.9. The van der Waals surface area contributed by atoms with Crippen molar-refractivity contribution in [3.63, 3.8) is 0 Å². The SMILES string of the molecule is CC(CO)CSC(C)C(=O)Nc1ccc(N)cc1. The third kappa shape index (κ3) is 4.98. The van der Waals surface area contributed by atoms with Gasteiger partial charge in [0.25, 0.3) is 0 Å². The predicted octanol–water partition coefficient (Wildman–Crippen LogP) is 1.96. The fourth-order valence-corrected chi connectivity index (χ4v) is 2.18. The first-order chi connectivity index (χ1) is 8.52. The van der Waals surface area contributed by atoms with Crippen molar-refractivity contribution in [2.24, 2.45) is 5.92 Å². The number of hydrogen-bond donors (Lipinski definition) is 3. The average molecular weight is 268 g/mol. The number of carbonyl (C=O) groups excluding carboxylic acids is 1. The predicted molar refractivity (Wildman–Crippen MR) is 77.7 cm³/mol. The number of nitrogen functional groups attached to an aromatic ring is 1. The molecule has 0 bridgehead atoms. The molecule has 0 heterocycles. The molecule has 0 saturated heterocycles. The maximum absolute atomic E-state index is 11.9. The van der Waals surface area contributed by atoms with Gasteiger partial charge in [-0.2, -0.15) is 0 Å². The van der Waals surface area contributed by atoms with Crippen LogP contribution in [0.2, 0.25) is 0 Å². The molecular weight excluding hydrogens is 248 g/mol. The Labute approximate surface area is 112 Å². The number of rotatable bonds is 6. The molecule has 5 heteroatoms. The number of carbonyl (C=O) groups is 1. The largest absolute Gasteiger partial charge is 0.399 e. The molecule has 2 atom stereocenters. The molecule has 1 aromatic rings. The van der Waals surface area contributed by atoms with E-state index in [2.05, 4.69) is 5.32 Å². The summed E-state index contributed by atoms with van der Waals surface area (Å²) in [6, 6.07) is 7.06. The van der Waals surface area contributed by atoms with E-state index < -0.39 is 0 Å². The lowest BCUT2D eigenvalue weighted by Gasteiger charge is -2.14. The summed E-state index contributed by atoms with van der Waals surface area (Å²) in [5, 5.41) is 11.6. The minimum absolute atomic E-state index is 0.0325. The van der Waals surface area contributed by atoms with E-state index in [1.165, 1.54) is 0 Å². The molecule has 18 heavy (non-hydrogen) atoms. The highest BCUT2D eigenvalue weighted by atomic mass is 32.2. The Kier molecular flexibility index (Phi) is 6.01. The van der Waals surface area contributed by atoms with Crippen LogP contribution < -0.4 is 11.1 Å². The second-order valence-electron chi connectivity index (χ2n) is 4.37. The van der Waals surface area contributed by atoms with Gasteiger partial charge in [-0.05, 0) is 42.9 Å². The Balaban J connectivity index is 2.42. The molecule has 4 nitrogen and oxygen atoms in total. The summed E-state index contributed by atoms with van der Waals surface area (Å²) in [6.07, 6.45) is 0. The minimum Gasteiger partial charge on any atom is -0.399 e. The first kappa shape index (κ1) is 14.9. The lowest BCUT2D eigenvalue weighted by atomic mass is 10.2. The van der Waals surface area contributed by atoms with E-state index in [0.29, 0.717) is 5.69 Å². The molecule has 1 amide bonds. The summed E-state index contributed by atoms with van der Waals surface area (Å²) in [5.74, 6) is 0.948. The van der Waals surface area contributed by atoms with Crippen LogP contribution in [-0.2, 0) is 4.79 Å². The van der Waals surface area contributed by atoms with Crippen molar-refractivity contribution in [3.8, 4) is 0 Å². The van der Waals surface area contributed by atoms with Crippen molar-refractivity contribution in [2.45, 2.75) is 19.1 Å². The molecule has 0 aromatic heterocycles. The molecule has 0 aliphatic rings. The fraction of sp³-hybridized carbons (Fsp3) is 0.462. The highest BCUT2D eigenvalue weighted by Gasteiger charge is 2.14. The van der Waals surface area contributed by atoms with E-state index >= 15 is 0 Å². The van der Waals surface area contributed by atoms with Crippen LogP contribution in [0, 0.1) is 5.92 Å². The number of nitrogens with two attached hydrogens (primary N) is 1. The van der Waals surface area contributed by atoms with Crippen LogP contribution in [0.25, 0.3) is 0 Å². The molecule has 0 aliphatic carbocycles. The molecule has 2 unspecified atom stereocenters. The number of aliphatic hydroxyl groups excluding tert-OH is 1. The molecule has 1 aromatic carbocycles. The molecule has 0 aliphatic heterocycles.